The van der Waals surface area contributed by atoms with E-state index in [4.69, 9.17) is 10.5 Å². The molecule has 0 saturated heterocycles. The van der Waals surface area contributed by atoms with Crippen LogP contribution in [0.15, 0.2) is 29.6 Å². The molecule has 0 bridgehead atoms. The maximum Gasteiger partial charge on any atom is 0.255 e. The third-order valence-electron chi connectivity index (χ3n) is 4.13. The molecule has 5 heteroatoms. The fourth-order valence-corrected chi connectivity index (χ4v) is 3.81. The molecule has 0 unspecified atom stereocenters. The molecule has 1 aromatic carbocycles. The topological polar surface area (TPSA) is 64.3 Å². The SMILES string of the molecule is COc1ccccc1-c1csc(N)c1C(=O)NC1CCCC1. The van der Waals surface area contributed by atoms with Crippen LogP contribution in [-0.4, -0.2) is 19.1 Å². The molecule has 3 N–H and O–H groups in total. The Labute approximate surface area is 134 Å². The van der Waals surface area contributed by atoms with E-state index in [-0.39, 0.29) is 11.9 Å². The van der Waals surface area contributed by atoms with Crippen molar-refractivity contribution in [3.05, 3.63) is 35.2 Å². The Morgan fingerprint density at radius 1 is 1.27 bits per heavy atom. The lowest BCUT2D eigenvalue weighted by Crippen LogP contribution is -2.33. The zero-order chi connectivity index (χ0) is 15.5. The van der Waals surface area contributed by atoms with Gasteiger partial charge in [-0.05, 0) is 18.9 Å². The Kier molecular flexibility index (Phi) is 4.34. The van der Waals surface area contributed by atoms with Crippen molar-refractivity contribution >= 4 is 22.2 Å². The molecule has 4 nitrogen and oxygen atoms in total. The van der Waals surface area contributed by atoms with Gasteiger partial charge in [0.25, 0.3) is 5.91 Å². The standard InChI is InChI=1S/C17H20N2O2S/c1-21-14-9-5-4-8-12(14)13-10-22-16(18)15(13)17(20)19-11-6-2-3-7-11/h4-5,8-11H,2-3,6-7,18H2,1H3,(H,19,20). The molecule has 2 aromatic rings. The molecule has 116 valence electrons. The van der Waals surface area contributed by atoms with E-state index in [1.165, 1.54) is 24.2 Å². The molecule has 0 atom stereocenters. The van der Waals surface area contributed by atoms with Gasteiger partial charge >= 0.3 is 0 Å². The summed E-state index contributed by atoms with van der Waals surface area (Å²) in [6.45, 7) is 0. The molecule has 3 rings (SSSR count). The number of nitrogens with one attached hydrogen (secondary N) is 1. The van der Waals surface area contributed by atoms with Gasteiger partial charge in [-0.2, -0.15) is 0 Å². The number of para-hydroxylation sites is 1. The van der Waals surface area contributed by atoms with E-state index < -0.39 is 0 Å². The molecule has 1 aromatic heterocycles. The smallest absolute Gasteiger partial charge is 0.255 e. The van der Waals surface area contributed by atoms with Crippen molar-refractivity contribution in [3.8, 4) is 16.9 Å². The van der Waals surface area contributed by atoms with Crippen LogP contribution in [0.25, 0.3) is 11.1 Å². The van der Waals surface area contributed by atoms with Crippen LogP contribution in [0.5, 0.6) is 5.75 Å². The number of nitrogen functional groups attached to an aromatic ring is 1. The number of anilines is 1. The number of carbonyl (C=O) groups excluding carboxylic acids is 1. The first-order valence-corrected chi connectivity index (χ1v) is 8.40. The van der Waals surface area contributed by atoms with Gasteiger partial charge in [-0.1, -0.05) is 31.0 Å². The lowest BCUT2D eigenvalue weighted by Gasteiger charge is -2.14. The van der Waals surface area contributed by atoms with Crippen molar-refractivity contribution in [3.63, 3.8) is 0 Å². The number of hydrogen-bond acceptors (Lipinski definition) is 4. The minimum Gasteiger partial charge on any atom is -0.496 e. The van der Waals surface area contributed by atoms with E-state index in [1.54, 1.807) is 7.11 Å². The number of nitrogens with two attached hydrogens (primary N) is 1. The van der Waals surface area contributed by atoms with Crippen LogP contribution < -0.4 is 15.8 Å². The molecule has 0 aliphatic heterocycles. The highest BCUT2D eigenvalue weighted by Crippen LogP contribution is 2.38. The number of carbonyl (C=O) groups is 1. The lowest BCUT2D eigenvalue weighted by atomic mass is 10.0. The second-order valence-corrected chi connectivity index (χ2v) is 6.45. The highest BCUT2D eigenvalue weighted by molar-refractivity contribution is 7.15. The molecular weight excluding hydrogens is 296 g/mol. The van der Waals surface area contributed by atoms with E-state index in [0.29, 0.717) is 10.6 Å². The minimum absolute atomic E-state index is 0.0773. The number of ether oxygens (including phenoxy) is 1. The van der Waals surface area contributed by atoms with Gasteiger partial charge in [-0.15, -0.1) is 11.3 Å². The van der Waals surface area contributed by atoms with E-state index >= 15 is 0 Å². The number of hydrogen-bond donors (Lipinski definition) is 2. The summed E-state index contributed by atoms with van der Waals surface area (Å²) < 4.78 is 5.41. The fourth-order valence-electron chi connectivity index (χ4n) is 3.00. The van der Waals surface area contributed by atoms with Gasteiger partial charge < -0.3 is 15.8 Å². The van der Waals surface area contributed by atoms with Gasteiger partial charge in [-0.3, -0.25) is 4.79 Å². The molecule has 1 aliphatic carbocycles. The third kappa shape index (κ3) is 2.81. The Hall–Kier alpha value is -2.01. The second kappa shape index (κ2) is 6.40. The Morgan fingerprint density at radius 2 is 2.00 bits per heavy atom. The van der Waals surface area contributed by atoms with Gasteiger partial charge in [0.2, 0.25) is 0 Å². The highest BCUT2D eigenvalue weighted by atomic mass is 32.1. The summed E-state index contributed by atoms with van der Waals surface area (Å²) in [6, 6.07) is 7.96. The van der Waals surface area contributed by atoms with Crippen LogP contribution >= 0.6 is 11.3 Å². The average molecular weight is 316 g/mol. The molecule has 22 heavy (non-hydrogen) atoms. The Morgan fingerprint density at radius 3 is 2.73 bits per heavy atom. The van der Waals surface area contributed by atoms with E-state index in [1.807, 2.05) is 29.6 Å². The van der Waals surface area contributed by atoms with Crippen LogP contribution in [0.4, 0.5) is 5.00 Å². The van der Waals surface area contributed by atoms with Crippen molar-refractivity contribution < 1.29 is 9.53 Å². The summed E-state index contributed by atoms with van der Waals surface area (Å²) >= 11 is 1.39. The Bertz CT molecular complexity index is 675. The number of benzene rings is 1. The molecule has 1 amide bonds. The van der Waals surface area contributed by atoms with Crippen LogP contribution in [-0.2, 0) is 0 Å². The summed E-state index contributed by atoms with van der Waals surface area (Å²) in [5.74, 6) is 0.668. The van der Waals surface area contributed by atoms with Crippen LogP contribution in [0.3, 0.4) is 0 Å². The van der Waals surface area contributed by atoms with Crippen LogP contribution in [0, 0.1) is 0 Å². The maximum absolute atomic E-state index is 12.7. The summed E-state index contributed by atoms with van der Waals surface area (Å²) in [7, 11) is 1.63. The minimum atomic E-state index is -0.0773. The van der Waals surface area contributed by atoms with Crippen molar-refractivity contribution in [1.82, 2.24) is 5.32 Å². The lowest BCUT2D eigenvalue weighted by molar-refractivity contribution is 0.0940. The third-order valence-corrected chi connectivity index (χ3v) is 4.95. The van der Waals surface area contributed by atoms with E-state index in [9.17, 15) is 4.79 Å². The number of thiophene rings is 1. The molecular formula is C17H20N2O2S. The first-order chi connectivity index (χ1) is 10.7. The Balaban J connectivity index is 1.95. The van der Waals surface area contributed by atoms with Crippen LogP contribution in [0.1, 0.15) is 36.0 Å². The zero-order valence-electron chi connectivity index (χ0n) is 12.6. The van der Waals surface area contributed by atoms with Crippen molar-refractivity contribution in [2.75, 3.05) is 12.8 Å². The number of methoxy groups -OCH3 is 1. The number of amides is 1. The summed E-state index contributed by atoms with van der Waals surface area (Å²) in [6.07, 6.45) is 4.48. The first kappa shape index (κ1) is 14.9. The molecule has 1 heterocycles. The van der Waals surface area contributed by atoms with Crippen molar-refractivity contribution in [2.24, 2.45) is 0 Å². The van der Waals surface area contributed by atoms with Gasteiger partial charge in [0.1, 0.15) is 5.75 Å². The first-order valence-electron chi connectivity index (χ1n) is 7.52. The molecule has 1 aliphatic rings. The largest absolute Gasteiger partial charge is 0.496 e. The predicted molar refractivity (Wildman–Crippen MR) is 90.4 cm³/mol. The van der Waals surface area contributed by atoms with E-state index in [0.717, 1.165) is 29.7 Å². The normalized spacial score (nSPS) is 15.0. The van der Waals surface area contributed by atoms with Gasteiger partial charge in [-0.25, -0.2) is 0 Å². The van der Waals surface area contributed by atoms with Crippen molar-refractivity contribution in [1.29, 1.82) is 0 Å². The monoisotopic (exact) mass is 316 g/mol. The van der Waals surface area contributed by atoms with Crippen LogP contribution in [0.2, 0.25) is 0 Å². The quantitative estimate of drug-likeness (QED) is 0.904. The molecule has 0 radical (unpaired) electrons. The molecule has 1 saturated carbocycles. The highest BCUT2D eigenvalue weighted by Gasteiger charge is 2.24. The van der Waals surface area contributed by atoms with Gasteiger partial charge in [0, 0.05) is 22.5 Å². The second-order valence-electron chi connectivity index (χ2n) is 5.54. The van der Waals surface area contributed by atoms with Gasteiger partial charge in [0.05, 0.1) is 17.7 Å². The fraction of sp³-hybridized carbons (Fsp3) is 0.353. The predicted octanol–water partition coefficient (Wildman–Crippen LogP) is 3.68. The number of rotatable bonds is 4. The summed E-state index contributed by atoms with van der Waals surface area (Å²) in [5.41, 5.74) is 8.37. The zero-order valence-corrected chi connectivity index (χ0v) is 13.4. The van der Waals surface area contributed by atoms with E-state index in [2.05, 4.69) is 5.32 Å². The summed E-state index contributed by atoms with van der Waals surface area (Å²) in [5, 5.41) is 5.60. The maximum atomic E-state index is 12.7. The average Bonchev–Trinajstić information content (AvgIpc) is 3.16. The molecule has 0 spiro atoms. The summed E-state index contributed by atoms with van der Waals surface area (Å²) in [4.78, 5) is 12.7. The molecule has 1 fully saturated rings. The van der Waals surface area contributed by atoms with Crippen molar-refractivity contribution in [2.45, 2.75) is 31.7 Å². The van der Waals surface area contributed by atoms with Gasteiger partial charge in [0.15, 0.2) is 0 Å².